The highest BCUT2D eigenvalue weighted by Crippen LogP contribution is 2.21. The molecule has 0 saturated heterocycles. The van der Waals surface area contributed by atoms with Gasteiger partial charge in [-0.25, -0.2) is 4.39 Å². The highest BCUT2D eigenvalue weighted by atomic mass is 32.2. The lowest BCUT2D eigenvalue weighted by Gasteiger charge is -2.14. The fourth-order valence-corrected chi connectivity index (χ4v) is 3.31. The molecule has 1 atom stereocenters. The number of ether oxygens (including phenoxy) is 1. The monoisotopic (exact) mass is 432 g/mol. The summed E-state index contributed by atoms with van der Waals surface area (Å²) in [5.41, 5.74) is 3.15. The van der Waals surface area contributed by atoms with Crippen molar-refractivity contribution in [2.75, 3.05) is 23.0 Å². The van der Waals surface area contributed by atoms with E-state index in [0.717, 1.165) is 35.0 Å². The number of halogens is 1. The number of esters is 1. The maximum atomic E-state index is 12.9. The van der Waals surface area contributed by atoms with Gasteiger partial charge in [-0.2, -0.15) is 0 Å². The molecule has 0 aliphatic rings. The van der Waals surface area contributed by atoms with Crippen LogP contribution in [0, 0.1) is 12.7 Å². The molecule has 30 heavy (non-hydrogen) atoms. The van der Waals surface area contributed by atoms with Crippen molar-refractivity contribution in [1.82, 2.24) is 0 Å². The molecule has 1 unspecified atom stereocenters. The number of rotatable bonds is 9. The summed E-state index contributed by atoms with van der Waals surface area (Å²) in [6.45, 7) is 5.10. The molecule has 2 N–H and O–H groups in total. The fourth-order valence-electron chi connectivity index (χ4n) is 2.63. The second-order valence-electron chi connectivity index (χ2n) is 6.63. The number of benzene rings is 2. The van der Waals surface area contributed by atoms with Crippen LogP contribution in [0.3, 0.4) is 0 Å². The number of amides is 2. The summed E-state index contributed by atoms with van der Waals surface area (Å²) in [7, 11) is 0. The molecule has 6 nitrogen and oxygen atoms in total. The van der Waals surface area contributed by atoms with E-state index in [-0.39, 0.29) is 11.7 Å². The Hall–Kier alpha value is -2.87. The molecule has 0 spiro atoms. The Morgan fingerprint density at radius 1 is 1.07 bits per heavy atom. The van der Waals surface area contributed by atoms with Gasteiger partial charge >= 0.3 is 5.97 Å². The van der Waals surface area contributed by atoms with E-state index in [1.807, 2.05) is 32.0 Å². The van der Waals surface area contributed by atoms with Crippen LogP contribution in [0.2, 0.25) is 0 Å². The number of carbonyl (C=O) groups excluding carboxylic acids is 3. The molecule has 0 saturated carbocycles. The zero-order valence-corrected chi connectivity index (χ0v) is 18.0. The second-order valence-corrected chi connectivity index (χ2v) is 7.96. The van der Waals surface area contributed by atoms with Crippen molar-refractivity contribution in [1.29, 1.82) is 0 Å². The minimum Gasteiger partial charge on any atom is -0.455 e. The molecular weight excluding hydrogens is 407 g/mol. The van der Waals surface area contributed by atoms with Crippen LogP contribution in [0.1, 0.15) is 25.0 Å². The van der Waals surface area contributed by atoms with E-state index in [1.54, 1.807) is 6.92 Å². The Morgan fingerprint density at radius 3 is 2.43 bits per heavy atom. The summed E-state index contributed by atoms with van der Waals surface area (Å²) in [5, 5.41) is 4.78. The molecule has 0 fully saturated rings. The fraction of sp³-hybridized carbons (Fsp3) is 0.318. The predicted molar refractivity (Wildman–Crippen MR) is 117 cm³/mol. The standard InChI is InChI=1S/C22H25FN2O4S/c1-4-16-7-5-6-14(2)21(16)25-19(26)12-29-22(28)15(3)30-13-20(27)24-18-10-8-17(23)9-11-18/h5-11,15H,4,12-13H2,1-3H3,(H,24,27)(H,25,26). The summed E-state index contributed by atoms with van der Waals surface area (Å²) in [6.07, 6.45) is 0.769. The first-order valence-electron chi connectivity index (χ1n) is 9.52. The van der Waals surface area contributed by atoms with Gasteiger partial charge in [0.15, 0.2) is 6.61 Å². The average Bonchev–Trinajstić information content (AvgIpc) is 2.73. The highest BCUT2D eigenvalue weighted by molar-refractivity contribution is 8.01. The van der Waals surface area contributed by atoms with Crippen molar-refractivity contribution in [3.63, 3.8) is 0 Å². The van der Waals surface area contributed by atoms with Crippen molar-refractivity contribution < 1.29 is 23.5 Å². The summed E-state index contributed by atoms with van der Waals surface area (Å²) in [6, 6.07) is 11.2. The number of para-hydroxylation sites is 1. The SMILES string of the molecule is CCc1cccc(C)c1NC(=O)COC(=O)C(C)SCC(=O)Nc1ccc(F)cc1. The Labute approximate surface area is 179 Å². The largest absolute Gasteiger partial charge is 0.455 e. The van der Waals surface area contributed by atoms with E-state index in [2.05, 4.69) is 10.6 Å². The van der Waals surface area contributed by atoms with Gasteiger partial charge in [0.2, 0.25) is 5.91 Å². The maximum absolute atomic E-state index is 12.9. The van der Waals surface area contributed by atoms with E-state index in [9.17, 15) is 18.8 Å². The molecule has 0 aliphatic heterocycles. The minimum absolute atomic E-state index is 0.0168. The molecule has 0 aromatic heterocycles. The number of anilines is 2. The quantitative estimate of drug-likeness (QED) is 0.587. The van der Waals surface area contributed by atoms with Crippen molar-refractivity contribution in [3.8, 4) is 0 Å². The number of nitrogens with one attached hydrogen (secondary N) is 2. The van der Waals surface area contributed by atoms with Crippen LogP contribution < -0.4 is 10.6 Å². The summed E-state index contributed by atoms with van der Waals surface area (Å²) < 4.78 is 17.9. The van der Waals surface area contributed by atoms with Gasteiger partial charge in [0.1, 0.15) is 11.1 Å². The average molecular weight is 433 g/mol. The van der Waals surface area contributed by atoms with E-state index >= 15 is 0 Å². The molecule has 2 amide bonds. The first-order valence-corrected chi connectivity index (χ1v) is 10.6. The van der Waals surface area contributed by atoms with E-state index in [4.69, 9.17) is 4.74 Å². The van der Waals surface area contributed by atoms with Crippen LogP contribution in [-0.4, -0.2) is 35.4 Å². The first-order chi connectivity index (χ1) is 14.3. The van der Waals surface area contributed by atoms with Gasteiger partial charge in [0, 0.05) is 11.4 Å². The smallest absolute Gasteiger partial charge is 0.319 e. The lowest BCUT2D eigenvalue weighted by molar-refractivity contribution is -0.146. The normalized spacial score (nSPS) is 11.5. The van der Waals surface area contributed by atoms with Gasteiger partial charge < -0.3 is 15.4 Å². The lowest BCUT2D eigenvalue weighted by Crippen LogP contribution is -2.26. The maximum Gasteiger partial charge on any atom is 0.319 e. The third kappa shape index (κ3) is 7.18. The first kappa shape index (κ1) is 23.4. The van der Waals surface area contributed by atoms with Gasteiger partial charge in [-0.1, -0.05) is 25.1 Å². The zero-order chi connectivity index (χ0) is 22.1. The van der Waals surface area contributed by atoms with Gasteiger partial charge in [-0.15, -0.1) is 11.8 Å². The van der Waals surface area contributed by atoms with Crippen LogP contribution in [0.4, 0.5) is 15.8 Å². The number of hydrogen-bond donors (Lipinski definition) is 2. The van der Waals surface area contributed by atoms with Gasteiger partial charge in [0.05, 0.1) is 5.75 Å². The Morgan fingerprint density at radius 2 is 1.77 bits per heavy atom. The predicted octanol–water partition coefficient (Wildman–Crippen LogP) is 3.94. The Kier molecular flexibility index (Phi) is 8.86. The Balaban J connectivity index is 1.75. The summed E-state index contributed by atoms with van der Waals surface area (Å²) in [5.74, 6) is -1.70. The van der Waals surface area contributed by atoms with Crippen LogP contribution in [0.5, 0.6) is 0 Å². The van der Waals surface area contributed by atoms with Crippen LogP contribution in [-0.2, 0) is 25.5 Å². The number of aryl methyl sites for hydroxylation is 2. The van der Waals surface area contributed by atoms with Gasteiger partial charge in [-0.3, -0.25) is 14.4 Å². The molecule has 0 bridgehead atoms. The van der Waals surface area contributed by atoms with Crippen molar-refractivity contribution in [3.05, 3.63) is 59.4 Å². The molecule has 0 heterocycles. The minimum atomic E-state index is -0.624. The highest BCUT2D eigenvalue weighted by Gasteiger charge is 2.18. The molecule has 0 aliphatic carbocycles. The number of carbonyl (C=O) groups is 3. The third-order valence-electron chi connectivity index (χ3n) is 4.27. The lowest BCUT2D eigenvalue weighted by atomic mass is 10.1. The molecule has 2 aromatic rings. The number of hydrogen-bond acceptors (Lipinski definition) is 5. The van der Waals surface area contributed by atoms with E-state index in [0.29, 0.717) is 5.69 Å². The van der Waals surface area contributed by atoms with E-state index in [1.165, 1.54) is 24.3 Å². The zero-order valence-electron chi connectivity index (χ0n) is 17.2. The molecule has 160 valence electrons. The topological polar surface area (TPSA) is 84.5 Å². The summed E-state index contributed by atoms with van der Waals surface area (Å²) >= 11 is 1.09. The van der Waals surface area contributed by atoms with Gasteiger partial charge in [-0.05, 0) is 55.7 Å². The third-order valence-corrected chi connectivity index (χ3v) is 5.40. The number of thioether (sulfide) groups is 1. The van der Waals surface area contributed by atoms with E-state index < -0.39 is 29.6 Å². The second kappa shape index (κ2) is 11.3. The molecule has 8 heteroatoms. The molecular formula is C22H25FN2O4S. The van der Waals surface area contributed by atoms with Crippen LogP contribution in [0.25, 0.3) is 0 Å². The van der Waals surface area contributed by atoms with Gasteiger partial charge in [0.25, 0.3) is 5.91 Å². The summed E-state index contributed by atoms with van der Waals surface area (Å²) in [4.78, 5) is 36.2. The van der Waals surface area contributed by atoms with Crippen molar-refractivity contribution >= 4 is 40.9 Å². The van der Waals surface area contributed by atoms with Crippen molar-refractivity contribution in [2.24, 2.45) is 0 Å². The van der Waals surface area contributed by atoms with Crippen LogP contribution >= 0.6 is 11.8 Å². The molecule has 0 radical (unpaired) electrons. The molecule has 2 rings (SSSR count). The Bertz CT molecular complexity index is 903. The van der Waals surface area contributed by atoms with Crippen molar-refractivity contribution in [2.45, 2.75) is 32.4 Å². The molecule has 2 aromatic carbocycles. The van der Waals surface area contributed by atoms with Crippen LogP contribution in [0.15, 0.2) is 42.5 Å².